The zero-order chi connectivity index (χ0) is 14.7. The van der Waals surface area contributed by atoms with E-state index in [0.717, 1.165) is 23.4 Å². The highest BCUT2D eigenvalue weighted by molar-refractivity contribution is 9.10. The van der Waals surface area contributed by atoms with Crippen molar-refractivity contribution in [2.45, 2.75) is 45.1 Å². The van der Waals surface area contributed by atoms with Gasteiger partial charge in [0.2, 0.25) is 0 Å². The first kappa shape index (κ1) is 14.9. The molecular formula is C18H22BrNO. The first-order valence-corrected chi connectivity index (χ1v) is 8.67. The van der Waals surface area contributed by atoms with E-state index in [-0.39, 0.29) is 6.04 Å². The van der Waals surface area contributed by atoms with Gasteiger partial charge in [-0.2, -0.15) is 0 Å². The Labute approximate surface area is 135 Å². The van der Waals surface area contributed by atoms with Gasteiger partial charge < -0.3 is 9.73 Å². The lowest BCUT2D eigenvalue weighted by atomic mass is 9.89. The molecule has 1 aliphatic carbocycles. The van der Waals surface area contributed by atoms with Crippen molar-refractivity contribution in [1.29, 1.82) is 0 Å². The smallest absolute Gasteiger partial charge is 0.169 e. The highest BCUT2D eigenvalue weighted by Crippen LogP contribution is 2.30. The van der Waals surface area contributed by atoms with E-state index in [1.807, 2.05) is 6.07 Å². The minimum atomic E-state index is 0.142. The Morgan fingerprint density at radius 2 is 1.95 bits per heavy atom. The molecule has 0 saturated carbocycles. The van der Waals surface area contributed by atoms with Crippen molar-refractivity contribution in [1.82, 2.24) is 5.32 Å². The normalized spacial score (nSPS) is 15.7. The van der Waals surface area contributed by atoms with Crippen LogP contribution in [0.5, 0.6) is 0 Å². The summed E-state index contributed by atoms with van der Waals surface area (Å²) in [7, 11) is 0. The molecule has 1 heterocycles. The number of halogens is 1. The van der Waals surface area contributed by atoms with E-state index in [2.05, 4.69) is 52.4 Å². The third-order valence-electron chi connectivity index (χ3n) is 4.18. The quantitative estimate of drug-likeness (QED) is 0.822. The third kappa shape index (κ3) is 3.41. The number of furan rings is 1. The number of aryl methyl sites for hydroxylation is 2. The molecule has 0 radical (unpaired) electrons. The Bertz CT molecular complexity index is 605. The van der Waals surface area contributed by atoms with Gasteiger partial charge in [0.1, 0.15) is 5.76 Å². The molecule has 1 N–H and O–H groups in total. The van der Waals surface area contributed by atoms with E-state index in [1.165, 1.54) is 42.4 Å². The van der Waals surface area contributed by atoms with Gasteiger partial charge in [-0.05, 0) is 83.4 Å². The van der Waals surface area contributed by atoms with E-state index in [1.54, 1.807) is 0 Å². The van der Waals surface area contributed by atoms with Crippen LogP contribution in [0.2, 0.25) is 0 Å². The molecule has 3 rings (SSSR count). The Morgan fingerprint density at radius 3 is 2.67 bits per heavy atom. The fourth-order valence-corrected chi connectivity index (χ4v) is 3.41. The van der Waals surface area contributed by atoms with Gasteiger partial charge in [-0.1, -0.05) is 25.1 Å². The van der Waals surface area contributed by atoms with Crippen LogP contribution in [0.15, 0.2) is 39.4 Å². The monoisotopic (exact) mass is 347 g/mol. The molecule has 0 saturated heterocycles. The molecule has 0 amide bonds. The summed E-state index contributed by atoms with van der Waals surface area (Å²) in [5, 5.41) is 3.61. The summed E-state index contributed by atoms with van der Waals surface area (Å²) in [6.07, 6.45) is 6.20. The highest BCUT2D eigenvalue weighted by Gasteiger charge is 2.19. The fourth-order valence-electron chi connectivity index (χ4n) is 3.09. The van der Waals surface area contributed by atoms with Gasteiger partial charge >= 0.3 is 0 Å². The van der Waals surface area contributed by atoms with Gasteiger partial charge in [0, 0.05) is 0 Å². The molecule has 1 aromatic carbocycles. The van der Waals surface area contributed by atoms with E-state index < -0.39 is 0 Å². The van der Waals surface area contributed by atoms with Crippen molar-refractivity contribution in [2.24, 2.45) is 0 Å². The summed E-state index contributed by atoms with van der Waals surface area (Å²) in [6.45, 7) is 3.18. The topological polar surface area (TPSA) is 25.2 Å². The van der Waals surface area contributed by atoms with Crippen molar-refractivity contribution in [3.05, 3.63) is 57.5 Å². The molecule has 3 heteroatoms. The SMILES string of the molecule is CCCNC(c1ccc2c(c1)CCCC2)c1ccc(Br)o1. The van der Waals surface area contributed by atoms with Crippen molar-refractivity contribution < 1.29 is 4.42 Å². The molecule has 2 nitrogen and oxygen atoms in total. The average molecular weight is 348 g/mol. The molecule has 1 aromatic heterocycles. The molecule has 0 aliphatic heterocycles. The van der Waals surface area contributed by atoms with Crippen LogP contribution in [0.4, 0.5) is 0 Å². The van der Waals surface area contributed by atoms with Crippen LogP contribution in [0.1, 0.15) is 54.7 Å². The summed E-state index contributed by atoms with van der Waals surface area (Å²) in [6, 6.07) is 11.1. The summed E-state index contributed by atoms with van der Waals surface area (Å²) in [5.41, 5.74) is 4.36. The van der Waals surface area contributed by atoms with Gasteiger partial charge in [0.05, 0.1) is 6.04 Å². The molecule has 0 fully saturated rings. The fraction of sp³-hybridized carbons (Fsp3) is 0.444. The van der Waals surface area contributed by atoms with Crippen molar-refractivity contribution >= 4 is 15.9 Å². The van der Waals surface area contributed by atoms with Crippen LogP contribution in [0.25, 0.3) is 0 Å². The van der Waals surface area contributed by atoms with E-state index >= 15 is 0 Å². The molecule has 0 spiro atoms. The van der Waals surface area contributed by atoms with Gasteiger partial charge in [0.25, 0.3) is 0 Å². The molecule has 2 aromatic rings. The number of rotatable bonds is 5. The minimum Gasteiger partial charge on any atom is -0.452 e. The zero-order valence-electron chi connectivity index (χ0n) is 12.5. The number of fused-ring (bicyclic) bond motifs is 1. The number of benzene rings is 1. The van der Waals surface area contributed by atoms with Crippen LogP contribution in [-0.4, -0.2) is 6.54 Å². The van der Waals surface area contributed by atoms with Crippen LogP contribution < -0.4 is 5.32 Å². The molecule has 21 heavy (non-hydrogen) atoms. The Balaban J connectivity index is 1.92. The standard InChI is InChI=1S/C18H22BrNO/c1-2-11-20-18(16-9-10-17(19)21-16)15-8-7-13-5-3-4-6-14(13)12-15/h7-10,12,18,20H,2-6,11H2,1H3. The maximum Gasteiger partial charge on any atom is 0.169 e. The van der Waals surface area contributed by atoms with Gasteiger partial charge in [-0.15, -0.1) is 0 Å². The second-order valence-corrected chi connectivity index (χ2v) is 6.55. The number of nitrogens with one attached hydrogen (secondary N) is 1. The van der Waals surface area contributed by atoms with Crippen molar-refractivity contribution in [3.63, 3.8) is 0 Å². The average Bonchev–Trinajstić information content (AvgIpc) is 2.94. The molecule has 1 unspecified atom stereocenters. The van der Waals surface area contributed by atoms with E-state index in [9.17, 15) is 0 Å². The predicted molar refractivity (Wildman–Crippen MR) is 89.6 cm³/mol. The Kier molecular flexibility index (Phi) is 4.81. The van der Waals surface area contributed by atoms with E-state index in [4.69, 9.17) is 4.42 Å². The van der Waals surface area contributed by atoms with Crippen LogP contribution in [-0.2, 0) is 12.8 Å². The number of hydrogen-bond donors (Lipinski definition) is 1. The maximum atomic E-state index is 5.80. The highest BCUT2D eigenvalue weighted by atomic mass is 79.9. The lowest BCUT2D eigenvalue weighted by Crippen LogP contribution is -2.23. The lowest BCUT2D eigenvalue weighted by molar-refractivity contribution is 0.432. The summed E-state index contributed by atoms with van der Waals surface area (Å²) < 4.78 is 6.59. The summed E-state index contributed by atoms with van der Waals surface area (Å²) in [4.78, 5) is 0. The maximum absolute atomic E-state index is 5.80. The Morgan fingerprint density at radius 1 is 1.14 bits per heavy atom. The molecular weight excluding hydrogens is 326 g/mol. The van der Waals surface area contributed by atoms with Crippen LogP contribution >= 0.6 is 15.9 Å². The largest absolute Gasteiger partial charge is 0.452 e. The second kappa shape index (κ2) is 6.80. The van der Waals surface area contributed by atoms with Gasteiger partial charge in [-0.25, -0.2) is 0 Å². The molecule has 1 aliphatic rings. The molecule has 112 valence electrons. The first-order chi connectivity index (χ1) is 10.3. The summed E-state index contributed by atoms with van der Waals surface area (Å²) >= 11 is 3.41. The molecule has 0 bridgehead atoms. The van der Waals surface area contributed by atoms with E-state index in [0.29, 0.717) is 0 Å². The van der Waals surface area contributed by atoms with Gasteiger partial charge in [-0.3, -0.25) is 0 Å². The van der Waals surface area contributed by atoms with Gasteiger partial charge in [0.15, 0.2) is 4.67 Å². The molecule has 1 atom stereocenters. The summed E-state index contributed by atoms with van der Waals surface area (Å²) in [5.74, 6) is 0.978. The predicted octanol–water partition coefficient (Wildman–Crippen LogP) is 5.01. The minimum absolute atomic E-state index is 0.142. The van der Waals surface area contributed by atoms with Crippen molar-refractivity contribution in [3.8, 4) is 0 Å². The van der Waals surface area contributed by atoms with Crippen LogP contribution in [0.3, 0.4) is 0 Å². The van der Waals surface area contributed by atoms with Crippen molar-refractivity contribution in [2.75, 3.05) is 6.54 Å². The first-order valence-electron chi connectivity index (χ1n) is 7.88. The lowest BCUT2D eigenvalue weighted by Gasteiger charge is -2.21. The Hall–Kier alpha value is -1.06. The number of hydrogen-bond acceptors (Lipinski definition) is 2. The second-order valence-electron chi connectivity index (χ2n) is 5.76. The third-order valence-corrected chi connectivity index (χ3v) is 4.61. The van der Waals surface area contributed by atoms with Crippen LogP contribution in [0, 0.1) is 0 Å². The zero-order valence-corrected chi connectivity index (χ0v) is 14.1.